The maximum Gasteiger partial charge on any atom is 0.346 e. The summed E-state index contributed by atoms with van der Waals surface area (Å²) in [5, 5.41) is 18.0. The topological polar surface area (TPSA) is 86.7 Å². The number of para-hydroxylation sites is 1. The third-order valence-corrected chi connectivity index (χ3v) is 5.26. The highest BCUT2D eigenvalue weighted by Crippen LogP contribution is 2.30. The van der Waals surface area contributed by atoms with Gasteiger partial charge in [0.25, 0.3) is 0 Å². The molecule has 1 N–H and O–H groups in total. The Morgan fingerprint density at radius 1 is 0.943 bits per heavy atom. The SMILES string of the molecule is COc1ccc(/C=C/N(c2ccccc2)c2ccc(-c3ccc(/C=C(\C#N)C(=O)O)o3)cc2)cc1. The van der Waals surface area contributed by atoms with Crippen LogP contribution >= 0.6 is 0 Å². The maximum absolute atomic E-state index is 11.1. The molecule has 6 nitrogen and oxygen atoms in total. The fourth-order valence-electron chi connectivity index (χ4n) is 3.44. The zero-order chi connectivity index (χ0) is 24.6. The summed E-state index contributed by atoms with van der Waals surface area (Å²) < 4.78 is 11.0. The van der Waals surface area contributed by atoms with Crippen LogP contribution in [0, 0.1) is 11.3 Å². The Bertz CT molecular complexity index is 1390. The molecular weight excluding hydrogens is 440 g/mol. The highest BCUT2D eigenvalue weighted by atomic mass is 16.5. The maximum atomic E-state index is 11.1. The number of methoxy groups -OCH3 is 1. The smallest absolute Gasteiger partial charge is 0.346 e. The molecule has 0 spiro atoms. The molecule has 0 unspecified atom stereocenters. The molecule has 1 heterocycles. The van der Waals surface area contributed by atoms with E-state index >= 15 is 0 Å². The van der Waals surface area contributed by atoms with Crippen LogP contribution in [-0.4, -0.2) is 18.2 Å². The molecule has 0 bridgehead atoms. The number of ether oxygens (including phenoxy) is 1. The molecule has 0 radical (unpaired) electrons. The number of carboxylic acid groups (broad SMARTS) is 1. The molecule has 3 aromatic carbocycles. The highest BCUT2D eigenvalue weighted by Gasteiger charge is 2.11. The van der Waals surface area contributed by atoms with Gasteiger partial charge in [-0.2, -0.15) is 5.26 Å². The van der Waals surface area contributed by atoms with Crippen LogP contribution < -0.4 is 9.64 Å². The van der Waals surface area contributed by atoms with Gasteiger partial charge in [0.1, 0.15) is 28.9 Å². The molecule has 6 heteroatoms. The fourth-order valence-corrected chi connectivity index (χ4v) is 3.44. The lowest BCUT2D eigenvalue weighted by molar-refractivity contribution is -0.132. The van der Waals surface area contributed by atoms with Gasteiger partial charge < -0.3 is 19.2 Å². The first-order chi connectivity index (χ1) is 17.1. The normalized spacial score (nSPS) is 11.3. The molecular formula is C29H22N2O4. The molecule has 0 fully saturated rings. The minimum atomic E-state index is -1.29. The van der Waals surface area contributed by atoms with Crippen LogP contribution in [0.4, 0.5) is 11.4 Å². The first kappa shape index (κ1) is 23.1. The second kappa shape index (κ2) is 10.7. The number of anilines is 2. The Balaban J connectivity index is 1.60. The standard InChI is InChI=1S/C29H22N2O4/c1-34-26-13-7-21(8-14-26)17-18-31(24-5-3-2-4-6-24)25-11-9-22(10-12-25)28-16-15-27(35-28)19-23(20-30)29(32)33/h2-19H,1H3,(H,32,33)/b18-17+,23-19+. The number of hydrogen-bond donors (Lipinski definition) is 1. The third kappa shape index (κ3) is 5.67. The van der Waals surface area contributed by atoms with Gasteiger partial charge in [-0.05, 0) is 72.3 Å². The van der Waals surface area contributed by atoms with Gasteiger partial charge in [-0.1, -0.05) is 30.3 Å². The Kier molecular flexibility index (Phi) is 7.10. The van der Waals surface area contributed by atoms with E-state index in [1.165, 1.54) is 6.08 Å². The van der Waals surface area contributed by atoms with Crippen molar-refractivity contribution in [2.24, 2.45) is 0 Å². The van der Waals surface area contributed by atoms with Gasteiger partial charge in [-0.3, -0.25) is 0 Å². The zero-order valence-corrected chi connectivity index (χ0v) is 19.0. The molecule has 0 aliphatic carbocycles. The summed E-state index contributed by atoms with van der Waals surface area (Å²) >= 11 is 0. The van der Waals surface area contributed by atoms with Crippen molar-refractivity contribution >= 4 is 29.5 Å². The predicted molar refractivity (Wildman–Crippen MR) is 136 cm³/mol. The van der Waals surface area contributed by atoms with Crippen LogP contribution in [0.3, 0.4) is 0 Å². The summed E-state index contributed by atoms with van der Waals surface area (Å²) in [6.45, 7) is 0. The summed E-state index contributed by atoms with van der Waals surface area (Å²) in [5.74, 6) is 0.390. The number of benzene rings is 3. The fraction of sp³-hybridized carbons (Fsp3) is 0.0345. The number of carbonyl (C=O) groups is 1. The van der Waals surface area contributed by atoms with E-state index in [-0.39, 0.29) is 5.57 Å². The van der Waals surface area contributed by atoms with Gasteiger partial charge in [0, 0.05) is 29.2 Å². The van der Waals surface area contributed by atoms with Crippen molar-refractivity contribution in [3.63, 3.8) is 0 Å². The molecule has 0 atom stereocenters. The number of nitriles is 1. The highest BCUT2D eigenvalue weighted by molar-refractivity contribution is 5.96. The second-order valence-electron chi connectivity index (χ2n) is 7.52. The number of carboxylic acids is 1. The third-order valence-electron chi connectivity index (χ3n) is 5.26. The summed E-state index contributed by atoms with van der Waals surface area (Å²) in [5.41, 5.74) is 3.44. The number of hydrogen-bond acceptors (Lipinski definition) is 5. The molecule has 35 heavy (non-hydrogen) atoms. The van der Waals surface area contributed by atoms with Crippen LogP contribution in [0.2, 0.25) is 0 Å². The van der Waals surface area contributed by atoms with E-state index in [0.717, 1.165) is 28.3 Å². The van der Waals surface area contributed by atoms with Gasteiger partial charge in [0.05, 0.1) is 7.11 Å². The number of nitrogens with zero attached hydrogens (tertiary/aromatic N) is 2. The average Bonchev–Trinajstić information content (AvgIpc) is 3.37. The summed E-state index contributed by atoms with van der Waals surface area (Å²) in [6.07, 6.45) is 5.25. The number of aliphatic carboxylic acids is 1. The van der Waals surface area contributed by atoms with Crippen molar-refractivity contribution < 1.29 is 19.1 Å². The van der Waals surface area contributed by atoms with E-state index in [4.69, 9.17) is 19.5 Å². The molecule has 0 saturated carbocycles. The van der Waals surface area contributed by atoms with Gasteiger partial charge >= 0.3 is 5.97 Å². The van der Waals surface area contributed by atoms with Crippen molar-refractivity contribution in [1.29, 1.82) is 5.26 Å². The van der Waals surface area contributed by atoms with Crippen LogP contribution in [0.15, 0.2) is 107 Å². The molecule has 0 aliphatic heterocycles. The Morgan fingerprint density at radius 2 is 1.63 bits per heavy atom. The van der Waals surface area contributed by atoms with E-state index in [1.807, 2.05) is 91.1 Å². The average molecular weight is 463 g/mol. The molecule has 4 aromatic rings. The van der Waals surface area contributed by atoms with Gasteiger partial charge in [-0.15, -0.1) is 0 Å². The van der Waals surface area contributed by atoms with Gasteiger partial charge in [-0.25, -0.2) is 4.79 Å². The monoisotopic (exact) mass is 462 g/mol. The summed E-state index contributed by atoms with van der Waals surface area (Å²) in [6, 6.07) is 30.7. The van der Waals surface area contributed by atoms with Crippen molar-refractivity contribution in [2.45, 2.75) is 0 Å². The largest absolute Gasteiger partial charge is 0.497 e. The quantitative estimate of drug-likeness (QED) is 0.230. The van der Waals surface area contributed by atoms with E-state index < -0.39 is 5.97 Å². The predicted octanol–water partition coefficient (Wildman–Crippen LogP) is 6.76. The number of furan rings is 1. The van der Waals surface area contributed by atoms with E-state index in [2.05, 4.69) is 4.90 Å². The Labute approximate surface area is 203 Å². The van der Waals surface area contributed by atoms with Crippen LogP contribution in [0.1, 0.15) is 11.3 Å². The van der Waals surface area contributed by atoms with E-state index in [0.29, 0.717) is 11.5 Å². The Hall–Kier alpha value is -5.02. The van der Waals surface area contributed by atoms with Crippen molar-refractivity contribution in [1.82, 2.24) is 0 Å². The van der Waals surface area contributed by atoms with E-state index in [1.54, 1.807) is 25.3 Å². The molecule has 1 aromatic heterocycles. The molecule has 0 aliphatic rings. The summed E-state index contributed by atoms with van der Waals surface area (Å²) in [4.78, 5) is 13.1. The molecule has 4 rings (SSSR count). The van der Waals surface area contributed by atoms with Crippen LogP contribution in [0.5, 0.6) is 5.75 Å². The molecule has 0 saturated heterocycles. The zero-order valence-electron chi connectivity index (χ0n) is 19.0. The minimum Gasteiger partial charge on any atom is -0.497 e. The lowest BCUT2D eigenvalue weighted by Crippen LogP contribution is -2.07. The lowest BCUT2D eigenvalue weighted by Gasteiger charge is -2.21. The van der Waals surface area contributed by atoms with Crippen molar-refractivity contribution in [3.05, 3.63) is 114 Å². The Morgan fingerprint density at radius 3 is 2.26 bits per heavy atom. The van der Waals surface area contributed by atoms with E-state index in [9.17, 15) is 4.79 Å². The van der Waals surface area contributed by atoms with Gasteiger partial charge in [0.2, 0.25) is 0 Å². The molecule has 172 valence electrons. The minimum absolute atomic E-state index is 0.302. The van der Waals surface area contributed by atoms with Crippen molar-refractivity contribution in [2.75, 3.05) is 12.0 Å². The van der Waals surface area contributed by atoms with Crippen LogP contribution in [0.25, 0.3) is 23.5 Å². The summed E-state index contributed by atoms with van der Waals surface area (Å²) in [7, 11) is 1.64. The van der Waals surface area contributed by atoms with Gasteiger partial charge in [0.15, 0.2) is 0 Å². The molecule has 0 amide bonds. The lowest BCUT2D eigenvalue weighted by atomic mass is 10.1. The van der Waals surface area contributed by atoms with Crippen LogP contribution in [-0.2, 0) is 4.79 Å². The second-order valence-corrected chi connectivity index (χ2v) is 7.52. The first-order valence-electron chi connectivity index (χ1n) is 10.8. The van der Waals surface area contributed by atoms with Crippen molar-refractivity contribution in [3.8, 4) is 23.1 Å². The number of rotatable bonds is 8. The first-order valence-corrected chi connectivity index (χ1v) is 10.8.